The Kier molecular flexibility index (Phi) is 39.0. The van der Waals surface area contributed by atoms with Crippen LogP contribution >= 0.6 is 0 Å². The van der Waals surface area contributed by atoms with Gasteiger partial charge in [-0.1, -0.05) is 0 Å². The molecule has 61 heteroatoms. The smallest absolute Gasteiger partial charge is 0.187 e. The lowest BCUT2D eigenvalue weighted by atomic mass is 9.95. The Hall–Kier alpha value is -2.44. The van der Waals surface area contributed by atoms with Crippen LogP contribution < -0.4 is 0 Å². The highest BCUT2D eigenvalue weighted by molar-refractivity contribution is 5.05. The van der Waals surface area contributed by atoms with E-state index >= 15 is 0 Å². The fourth-order valence-corrected chi connectivity index (χ4v) is 17.4. The highest BCUT2D eigenvalue weighted by Gasteiger charge is 2.63. The van der Waals surface area contributed by atoms with Gasteiger partial charge in [-0.3, -0.25) is 0 Å². The van der Waals surface area contributed by atoms with Crippen LogP contribution in [0.2, 0.25) is 0 Å². The number of rotatable bonds is 34. The predicted octanol–water partition coefficient (Wildman–Crippen LogP) is -27.2. The molecule has 0 aliphatic carbocycles. The molecule has 12 rings (SSSR count). The molecule has 0 unspecified atom stereocenters. The van der Waals surface area contributed by atoms with Gasteiger partial charge in [0.1, 0.15) is 293 Å². The first-order valence-corrected chi connectivity index (χ1v) is 42.2. The van der Waals surface area contributed by atoms with Crippen LogP contribution in [0.3, 0.4) is 0 Å². The highest BCUT2D eigenvalue weighted by Crippen LogP contribution is 2.43. The average Bonchev–Trinajstić information content (AvgIpc) is 0.892. The minimum absolute atomic E-state index is 0.885. The largest absolute Gasteiger partial charge is 0.394 e. The van der Waals surface area contributed by atoms with Crippen LogP contribution in [-0.4, -0.2) is 642 Å². The van der Waals surface area contributed by atoms with Gasteiger partial charge in [-0.05, 0) is 0 Å². The van der Waals surface area contributed by atoms with Crippen molar-refractivity contribution in [2.45, 2.75) is 368 Å². The van der Waals surface area contributed by atoms with Crippen molar-refractivity contribution in [3.05, 3.63) is 0 Å². The van der Waals surface area contributed by atoms with Crippen molar-refractivity contribution in [3.8, 4) is 0 Å². The van der Waals surface area contributed by atoms with Crippen molar-refractivity contribution in [2.24, 2.45) is 0 Å². The van der Waals surface area contributed by atoms with Crippen LogP contribution in [0.1, 0.15) is 0 Å². The standard InChI is InChI=1S/C72H122O61/c73-1-13-25(85)30(90)38(98)62(112-13)131-58-27(87)15(3-75)113-70(47(58)107)127-54-22(10-82)119-66(42(102)33(54)93)126-53-21(9-81)122-69(45(105)37(53)97)133-60-29(89)16(4-76)114-71(48(60)108)128-55-23(11-83)117-64(40(100)32(55)92)123-50-18(6-78)116-63(39(99)31(50)91)125-52-20(8-80)121-68(44(104)36(52)96)132-59-28(88)17(5-77)115-72(49(59)109)129-56-24(12-84)118-65(41(101)34(56)94)124-51-19(7-79)120-67(43(103)35(51)95)130-57-26(86)14(2-74)111-61(110)46(57)106/h13-110H,1-12H2/t13-,14-,15-,16-,17-,18-,19-,20-,21-,22-,23-,24-,25-,26-,27-,28-,29-,30+,31-,32-,33-,34-,35-,36-,37-,38-,39-,40-,41-,42-,43-,44-,45-,46-,47-,48-,49-,50-,51-,52-,53-,54-,55-,56-,57+,58+,59+,60+,61+,62-,63-,64-,65-,66-,67-,68-,69-,70-,71-,72-/m1/s1. The zero-order valence-electron chi connectivity index (χ0n) is 69.5. The van der Waals surface area contributed by atoms with Gasteiger partial charge in [-0.25, -0.2) is 0 Å². The number of ether oxygens (including phenoxy) is 23. The maximum Gasteiger partial charge on any atom is 0.187 e. The second-order valence-electron chi connectivity index (χ2n) is 33.6. The highest BCUT2D eigenvalue weighted by atomic mass is 16.8. The monoisotopic (exact) mass is 1960 g/mol. The van der Waals surface area contributed by atoms with Crippen LogP contribution in [-0.2, 0) is 109 Å². The fourth-order valence-electron chi connectivity index (χ4n) is 17.4. The Morgan fingerprint density at radius 1 is 0.113 bits per heavy atom. The minimum atomic E-state index is -2.40. The topological polar surface area (TPSA) is 981 Å². The summed E-state index contributed by atoms with van der Waals surface area (Å²) in [4.78, 5) is 0. The van der Waals surface area contributed by atoms with E-state index in [1.807, 2.05) is 0 Å². The summed E-state index contributed by atoms with van der Waals surface area (Å²) in [6, 6.07) is 0. The third kappa shape index (κ3) is 22.6. The zero-order chi connectivity index (χ0) is 97.4. The molecule has 38 N–H and O–H groups in total. The quantitative estimate of drug-likeness (QED) is 0.0284. The summed E-state index contributed by atoms with van der Waals surface area (Å²) in [6.07, 6.45) is -125. The van der Waals surface area contributed by atoms with Crippen LogP contribution in [0, 0.1) is 0 Å². The number of aliphatic hydroxyl groups is 38. The Morgan fingerprint density at radius 3 is 0.414 bits per heavy atom. The molecule has 60 atom stereocenters. The fraction of sp³-hybridized carbons (Fsp3) is 1.00. The average molecular weight is 1960 g/mol. The molecule has 0 aromatic carbocycles. The molecule has 0 bridgehead atoms. The van der Waals surface area contributed by atoms with E-state index < -0.39 is 448 Å². The Labute approximate surface area is 748 Å². The van der Waals surface area contributed by atoms with E-state index in [-0.39, 0.29) is 0 Å². The van der Waals surface area contributed by atoms with E-state index in [1.54, 1.807) is 0 Å². The summed E-state index contributed by atoms with van der Waals surface area (Å²) in [5.74, 6) is 0. The molecule has 0 amide bonds. The summed E-state index contributed by atoms with van der Waals surface area (Å²) < 4.78 is 129. The number of aliphatic hydroxyl groups excluding tert-OH is 38. The molecule has 0 radical (unpaired) electrons. The molecular formula is C72H122O61. The Bertz CT molecular complexity index is 3450. The van der Waals surface area contributed by atoms with Crippen LogP contribution in [0.4, 0.5) is 0 Å². The maximum atomic E-state index is 11.8. The summed E-state index contributed by atoms with van der Waals surface area (Å²) >= 11 is 0. The summed E-state index contributed by atoms with van der Waals surface area (Å²) in [5.41, 5.74) is 0. The molecule has 12 fully saturated rings. The van der Waals surface area contributed by atoms with Gasteiger partial charge in [0.25, 0.3) is 0 Å². The molecule has 12 aliphatic heterocycles. The van der Waals surface area contributed by atoms with Crippen LogP contribution in [0.25, 0.3) is 0 Å². The SMILES string of the molecule is OC[C@H]1O[C@H](O[C@@H]2[C@@H](O)[C@@H](O[C@H]3[C@H](O)[C@@H](O)[C@@H](O[C@H]4[C@H](O)[C@@H](O)[C@@H](O[C@@H]5[C@@H](O)[C@@H](O[C@H]6[C@H](O)[C@@H](O)[C@@H](O[C@H]7[C@H](O)[C@@H](O)[C@@H](O[C@H]8[C@H](O)[C@@H](O)[C@@H](O[C@@H]9[C@@H](O)[C@@H](O[C@H]%10[C@H](O)[C@@H](O)[C@@H](O[C@H]%11[C@H](O)[C@@H](O)[C@@H](O[C@@H]%12[C@@H](O)[C@@H](O)O[C@H](CO)[C@H]%12O)O[C@@H]%11CO)O[C@@H]%10CO)O[C@H](CO)[C@H]9O)O[C@@H]8CO)O[C@@H]7CO)O[C@@H]6CO)O[C@H](CO)[C@H]5O)O[C@@H]4CO)O[C@@H]3CO)O[C@H](CO)[C@H]2O)[C@H](O)[C@@H](O)[C@@H]1O. The zero-order valence-corrected chi connectivity index (χ0v) is 69.5. The Morgan fingerprint density at radius 2 is 0.241 bits per heavy atom. The normalized spacial score (nSPS) is 53.8. The lowest BCUT2D eigenvalue weighted by Crippen LogP contribution is -2.69. The molecule has 0 saturated carbocycles. The number of hydrogen-bond donors (Lipinski definition) is 38. The second kappa shape index (κ2) is 47.4. The molecule has 12 aliphatic rings. The van der Waals surface area contributed by atoms with Crippen molar-refractivity contribution < 1.29 is 303 Å². The van der Waals surface area contributed by atoms with Gasteiger partial charge in [0, 0.05) is 0 Å². The molecule has 0 aromatic heterocycles. The molecule has 12 heterocycles. The van der Waals surface area contributed by atoms with Crippen LogP contribution in [0.5, 0.6) is 0 Å². The van der Waals surface area contributed by atoms with E-state index in [0.717, 1.165) is 0 Å². The van der Waals surface area contributed by atoms with Crippen molar-refractivity contribution >= 4 is 0 Å². The first-order valence-electron chi connectivity index (χ1n) is 42.2. The Balaban J connectivity index is 0.627. The lowest BCUT2D eigenvalue weighted by molar-refractivity contribution is -0.402. The van der Waals surface area contributed by atoms with Gasteiger partial charge in [-0.2, -0.15) is 0 Å². The van der Waals surface area contributed by atoms with Gasteiger partial charge < -0.3 is 303 Å². The van der Waals surface area contributed by atoms with Crippen molar-refractivity contribution in [1.82, 2.24) is 0 Å². The van der Waals surface area contributed by atoms with Gasteiger partial charge in [-0.15, -0.1) is 0 Å². The third-order valence-electron chi connectivity index (χ3n) is 25.1. The molecule has 12 saturated heterocycles. The lowest BCUT2D eigenvalue weighted by Gasteiger charge is -2.50. The van der Waals surface area contributed by atoms with E-state index in [0.29, 0.717) is 0 Å². The van der Waals surface area contributed by atoms with Crippen molar-refractivity contribution in [1.29, 1.82) is 0 Å². The molecule has 61 nitrogen and oxygen atoms in total. The van der Waals surface area contributed by atoms with E-state index in [4.69, 9.17) is 109 Å². The van der Waals surface area contributed by atoms with E-state index in [9.17, 15) is 194 Å². The molecule has 133 heavy (non-hydrogen) atoms. The van der Waals surface area contributed by atoms with Gasteiger partial charge in [0.2, 0.25) is 0 Å². The van der Waals surface area contributed by atoms with Crippen LogP contribution in [0.15, 0.2) is 0 Å². The summed E-state index contributed by atoms with van der Waals surface area (Å²) in [7, 11) is 0. The maximum absolute atomic E-state index is 11.8. The third-order valence-corrected chi connectivity index (χ3v) is 25.1. The first kappa shape index (κ1) is 109. The molecular weight excluding hydrogens is 1840 g/mol. The van der Waals surface area contributed by atoms with E-state index in [1.165, 1.54) is 0 Å². The van der Waals surface area contributed by atoms with Gasteiger partial charge in [0.05, 0.1) is 79.3 Å². The van der Waals surface area contributed by atoms with Crippen molar-refractivity contribution in [3.63, 3.8) is 0 Å². The van der Waals surface area contributed by atoms with E-state index in [2.05, 4.69) is 0 Å². The summed E-state index contributed by atoms with van der Waals surface area (Å²) in [5, 5.41) is 415. The van der Waals surface area contributed by atoms with Gasteiger partial charge >= 0.3 is 0 Å². The second-order valence-corrected chi connectivity index (χ2v) is 33.6. The van der Waals surface area contributed by atoms with Gasteiger partial charge in [0.15, 0.2) is 75.5 Å². The molecule has 0 spiro atoms. The molecule has 776 valence electrons. The predicted molar refractivity (Wildman–Crippen MR) is 395 cm³/mol. The minimum Gasteiger partial charge on any atom is -0.394 e. The summed E-state index contributed by atoms with van der Waals surface area (Å²) in [6.45, 7) is -13.2. The number of hydrogen-bond acceptors (Lipinski definition) is 61. The van der Waals surface area contributed by atoms with Crippen molar-refractivity contribution in [2.75, 3.05) is 79.3 Å². The molecule has 0 aromatic rings. The first-order chi connectivity index (χ1) is 63.2.